The van der Waals surface area contributed by atoms with E-state index in [-0.39, 0.29) is 30.6 Å². The van der Waals surface area contributed by atoms with Gasteiger partial charge in [0.05, 0.1) is 28.6 Å². The van der Waals surface area contributed by atoms with Crippen molar-refractivity contribution in [2.24, 2.45) is 5.41 Å². The highest BCUT2D eigenvalue weighted by Crippen LogP contribution is 2.40. The Morgan fingerprint density at radius 2 is 2.06 bits per heavy atom. The number of aromatic nitrogens is 2. The van der Waals surface area contributed by atoms with E-state index < -0.39 is 39.6 Å². The van der Waals surface area contributed by atoms with E-state index in [4.69, 9.17) is 26.0 Å². The van der Waals surface area contributed by atoms with Crippen LogP contribution in [0.25, 0.3) is 5.57 Å². The molecule has 2 heterocycles. The van der Waals surface area contributed by atoms with E-state index in [0.717, 1.165) is 12.1 Å². The monoisotopic (exact) mass is 506 g/mol. The van der Waals surface area contributed by atoms with Crippen molar-refractivity contribution in [1.82, 2.24) is 15.1 Å². The molecule has 1 aromatic carbocycles. The molecular weight excluding hydrogens is 485 g/mol. The predicted octanol–water partition coefficient (Wildman–Crippen LogP) is 5.12. The second-order valence-corrected chi connectivity index (χ2v) is 10.2. The minimum absolute atomic E-state index is 0.0123. The van der Waals surface area contributed by atoms with Gasteiger partial charge in [-0.15, -0.1) is 21.8 Å². The van der Waals surface area contributed by atoms with Crippen LogP contribution in [0.4, 0.5) is 13.2 Å². The number of carbonyl (C=O) groups is 1. The fraction of sp³-hybridized carbons (Fsp3) is 0.417. The number of hydrogen-bond donors (Lipinski definition) is 0. The molecule has 0 saturated carbocycles. The third kappa shape index (κ3) is 4.91. The Labute approximate surface area is 204 Å². The average molecular weight is 507 g/mol. The fourth-order valence-corrected chi connectivity index (χ4v) is 4.42. The molecule has 35 heavy (non-hydrogen) atoms. The lowest BCUT2D eigenvalue weighted by Gasteiger charge is -2.24. The molecule has 0 bridgehead atoms. The van der Waals surface area contributed by atoms with Crippen molar-refractivity contribution in [3.63, 3.8) is 0 Å². The number of nitrogens with zero attached hydrogens (tertiary/aromatic N) is 4. The zero-order valence-electron chi connectivity index (χ0n) is 19.2. The summed E-state index contributed by atoms with van der Waals surface area (Å²) < 4.78 is 51.5. The van der Waals surface area contributed by atoms with Crippen molar-refractivity contribution in [3.05, 3.63) is 59.3 Å². The number of likely N-dealkylation sites (tertiary alicyclic amines) is 1. The molecule has 0 radical (unpaired) electrons. The largest absolute Gasteiger partial charge is 0.480 e. The predicted molar refractivity (Wildman–Crippen MR) is 120 cm³/mol. The van der Waals surface area contributed by atoms with Gasteiger partial charge < -0.3 is 14.1 Å². The van der Waals surface area contributed by atoms with Gasteiger partial charge in [0, 0.05) is 17.5 Å². The summed E-state index contributed by atoms with van der Waals surface area (Å²) in [6.07, 6.45) is 0.409. The number of ether oxygens (including phenoxy) is 1. The lowest BCUT2D eigenvalue weighted by Crippen LogP contribution is -2.36. The normalized spacial score (nSPS) is 23.8. The molecular formula is C24H22ClF3N4O3. The molecule has 1 fully saturated rings. The number of allylic oxidation sites excluding steroid dienone is 4. The van der Waals surface area contributed by atoms with Gasteiger partial charge in [-0.25, -0.2) is 0 Å². The summed E-state index contributed by atoms with van der Waals surface area (Å²) in [7, 11) is 0. The highest BCUT2D eigenvalue weighted by Gasteiger charge is 2.49. The smallest absolute Gasteiger partial charge is 0.417 e. The van der Waals surface area contributed by atoms with Crippen LogP contribution in [0.5, 0.6) is 5.75 Å². The van der Waals surface area contributed by atoms with E-state index in [1.807, 2.05) is 19.1 Å². The van der Waals surface area contributed by atoms with Crippen molar-refractivity contribution in [1.29, 1.82) is 5.26 Å². The van der Waals surface area contributed by atoms with Crippen LogP contribution in [-0.4, -0.2) is 38.5 Å². The molecule has 0 N–H and O–H groups in total. The highest BCUT2D eigenvalue weighted by atomic mass is 35.5. The van der Waals surface area contributed by atoms with Gasteiger partial charge in [-0.2, -0.15) is 18.4 Å². The Balaban J connectivity index is 1.52. The maximum Gasteiger partial charge on any atom is 0.417 e. The second-order valence-electron chi connectivity index (χ2n) is 9.41. The SMILES string of the molecule is CC1(Cl)CC=CC=C1c1nnc(CN2CC(C)(C)C(Oc3ccc(C#N)c(C(F)(F)F)c3)C2=O)o1. The third-order valence-electron chi connectivity index (χ3n) is 6.00. The van der Waals surface area contributed by atoms with Gasteiger partial charge in [-0.05, 0) is 31.5 Å². The number of rotatable bonds is 5. The number of nitriles is 1. The van der Waals surface area contributed by atoms with Crippen molar-refractivity contribution >= 4 is 23.1 Å². The molecule has 1 aromatic heterocycles. The van der Waals surface area contributed by atoms with Crippen LogP contribution in [0.2, 0.25) is 0 Å². The molecule has 7 nitrogen and oxygen atoms in total. The van der Waals surface area contributed by atoms with Gasteiger partial charge in [0.15, 0.2) is 6.10 Å². The van der Waals surface area contributed by atoms with Crippen LogP contribution in [0.1, 0.15) is 50.1 Å². The molecule has 4 rings (SSSR count). The standard InChI is InChI=1S/C24H22ClF3N4O3/c1-22(2)13-32(12-18-30-31-20(35-18)16-6-4-5-9-23(16,3)25)21(33)19(22)34-15-8-7-14(11-29)17(10-15)24(26,27)28/h4-8,10,19H,9,12-13H2,1-3H3. The van der Waals surface area contributed by atoms with Crippen LogP contribution < -0.4 is 4.74 Å². The van der Waals surface area contributed by atoms with E-state index in [1.165, 1.54) is 17.0 Å². The number of hydrogen-bond acceptors (Lipinski definition) is 6. The number of alkyl halides is 4. The zero-order chi connectivity index (χ0) is 25.6. The second kappa shape index (κ2) is 8.72. The molecule has 2 unspecified atom stereocenters. The van der Waals surface area contributed by atoms with Crippen molar-refractivity contribution in [3.8, 4) is 11.8 Å². The van der Waals surface area contributed by atoms with E-state index in [2.05, 4.69) is 10.2 Å². The Morgan fingerprint density at radius 3 is 2.71 bits per heavy atom. The van der Waals surface area contributed by atoms with E-state index in [0.29, 0.717) is 12.0 Å². The van der Waals surface area contributed by atoms with Gasteiger partial charge in [0.1, 0.15) is 5.75 Å². The Bertz CT molecular complexity index is 1260. The van der Waals surface area contributed by atoms with Gasteiger partial charge in [0.2, 0.25) is 11.8 Å². The Morgan fingerprint density at radius 1 is 1.31 bits per heavy atom. The molecule has 1 amide bonds. The summed E-state index contributed by atoms with van der Waals surface area (Å²) in [4.78, 5) is 13.9. The molecule has 2 aliphatic rings. The topological polar surface area (TPSA) is 92.2 Å². The maximum atomic E-state index is 13.3. The molecule has 184 valence electrons. The Hall–Kier alpha value is -3.32. The number of halogens is 4. The van der Waals surface area contributed by atoms with Gasteiger partial charge >= 0.3 is 6.18 Å². The first kappa shape index (κ1) is 24.8. The molecule has 11 heteroatoms. The summed E-state index contributed by atoms with van der Waals surface area (Å²) in [5.74, 6) is -0.110. The van der Waals surface area contributed by atoms with Crippen molar-refractivity contribution < 1.29 is 27.1 Å². The van der Waals surface area contributed by atoms with Crippen LogP contribution in [0.15, 0.2) is 40.8 Å². The van der Waals surface area contributed by atoms with E-state index in [1.54, 1.807) is 19.9 Å². The number of amides is 1. The van der Waals surface area contributed by atoms with Crippen LogP contribution in [0, 0.1) is 16.7 Å². The molecule has 1 saturated heterocycles. The summed E-state index contributed by atoms with van der Waals surface area (Å²) in [5, 5.41) is 17.1. The van der Waals surface area contributed by atoms with E-state index >= 15 is 0 Å². The number of carbonyl (C=O) groups excluding carboxylic acids is 1. The van der Waals surface area contributed by atoms with Gasteiger partial charge in [-0.3, -0.25) is 4.79 Å². The van der Waals surface area contributed by atoms with E-state index in [9.17, 15) is 18.0 Å². The highest BCUT2D eigenvalue weighted by molar-refractivity contribution is 6.30. The summed E-state index contributed by atoms with van der Waals surface area (Å²) in [6, 6.07) is 4.54. The molecule has 2 atom stereocenters. The minimum Gasteiger partial charge on any atom is -0.480 e. The zero-order valence-corrected chi connectivity index (χ0v) is 19.9. The number of benzene rings is 1. The molecule has 2 aromatic rings. The minimum atomic E-state index is -4.73. The quantitative estimate of drug-likeness (QED) is 0.523. The lowest BCUT2D eigenvalue weighted by molar-refractivity contribution is -0.138. The first-order valence-corrected chi connectivity index (χ1v) is 11.2. The first-order chi connectivity index (χ1) is 16.3. The van der Waals surface area contributed by atoms with Crippen LogP contribution in [0.3, 0.4) is 0 Å². The molecule has 1 aliphatic heterocycles. The summed E-state index contributed by atoms with van der Waals surface area (Å²) >= 11 is 6.55. The summed E-state index contributed by atoms with van der Waals surface area (Å²) in [5.41, 5.74) is -1.69. The lowest BCUT2D eigenvalue weighted by atomic mass is 9.89. The Kier molecular flexibility index (Phi) is 6.18. The first-order valence-electron chi connectivity index (χ1n) is 10.8. The maximum absolute atomic E-state index is 13.3. The molecule has 0 spiro atoms. The fourth-order valence-electron chi connectivity index (χ4n) is 4.18. The van der Waals surface area contributed by atoms with Gasteiger partial charge in [0.25, 0.3) is 5.91 Å². The van der Waals surface area contributed by atoms with Crippen molar-refractivity contribution in [2.75, 3.05) is 6.54 Å². The van der Waals surface area contributed by atoms with Crippen molar-refractivity contribution in [2.45, 2.75) is 50.9 Å². The average Bonchev–Trinajstić information content (AvgIpc) is 3.30. The molecule has 1 aliphatic carbocycles. The third-order valence-corrected chi connectivity index (χ3v) is 6.36. The van der Waals surface area contributed by atoms with Crippen LogP contribution >= 0.6 is 11.6 Å². The van der Waals surface area contributed by atoms with Crippen LogP contribution in [-0.2, 0) is 17.5 Å². The van der Waals surface area contributed by atoms with Gasteiger partial charge in [-0.1, -0.05) is 32.1 Å². The summed E-state index contributed by atoms with van der Waals surface area (Å²) in [6.45, 7) is 5.67.